The van der Waals surface area contributed by atoms with Crippen molar-refractivity contribution < 1.29 is 18.6 Å². The van der Waals surface area contributed by atoms with Crippen LogP contribution in [0.2, 0.25) is 0 Å². The van der Waals surface area contributed by atoms with E-state index in [-0.39, 0.29) is 12.4 Å². The summed E-state index contributed by atoms with van der Waals surface area (Å²) in [4.78, 5) is 4.70. The average molecular weight is 474 g/mol. The Morgan fingerprint density at radius 2 is 1.84 bits per heavy atom. The van der Waals surface area contributed by atoms with Crippen molar-refractivity contribution >= 4 is 23.1 Å². The van der Waals surface area contributed by atoms with E-state index in [0.717, 1.165) is 22.0 Å². The molecule has 0 aliphatic rings. The van der Waals surface area contributed by atoms with Crippen molar-refractivity contribution in [3.05, 3.63) is 65.2 Å². The molecule has 0 aliphatic carbocycles. The topological polar surface area (TPSA) is 97.3 Å². The second-order valence-corrected chi connectivity index (χ2v) is 8.31. The van der Waals surface area contributed by atoms with Crippen LogP contribution in [0.25, 0.3) is 10.6 Å². The minimum atomic E-state index is -0.325. The zero-order valence-electron chi connectivity index (χ0n) is 17.3. The number of hydrogen-bond donors (Lipinski definition) is 1. The number of hydrogen-bond acceptors (Lipinski definition) is 9. The third-order valence-corrected chi connectivity index (χ3v) is 6.36. The molecular weight excluding hydrogens is 453 g/mol. The Morgan fingerprint density at radius 3 is 2.59 bits per heavy atom. The van der Waals surface area contributed by atoms with E-state index in [4.69, 9.17) is 25.0 Å². The van der Waals surface area contributed by atoms with Gasteiger partial charge in [-0.1, -0.05) is 11.8 Å². The van der Waals surface area contributed by atoms with Gasteiger partial charge in [-0.05, 0) is 36.4 Å². The molecule has 4 aromatic rings. The van der Waals surface area contributed by atoms with E-state index in [2.05, 4.69) is 10.2 Å². The van der Waals surface area contributed by atoms with Gasteiger partial charge in [-0.2, -0.15) is 0 Å². The Labute approximate surface area is 192 Å². The number of ether oxygens (including phenoxy) is 3. The highest BCUT2D eigenvalue weighted by molar-refractivity contribution is 7.98. The van der Waals surface area contributed by atoms with Crippen LogP contribution in [0.15, 0.2) is 53.0 Å². The fourth-order valence-electron chi connectivity index (χ4n) is 2.79. The van der Waals surface area contributed by atoms with Crippen molar-refractivity contribution in [1.82, 2.24) is 19.9 Å². The van der Waals surface area contributed by atoms with Gasteiger partial charge >= 0.3 is 0 Å². The molecule has 0 amide bonds. The number of nitrogens with two attached hydrogens (primary N) is 1. The summed E-state index contributed by atoms with van der Waals surface area (Å²) < 4.78 is 30.7. The Morgan fingerprint density at radius 1 is 1.06 bits per heavy atom. The van der Waals surface area contributed by atoms with Crippen molar-refractivity contribution in [2.75, 3.05) is 20.1 Å². The molecule has 0 saturated heterocycles. The first-order valence-corrected chi connectivity index (χ1v) is 11.3. The van der Waals surface area contributed by atoms with Gasteiger partial charge < -0.3 is 20.1 Å². The van der Waals surface area contributed by atoms with Gasteiger partial charge in [0.1, 0.15) is 34.7 Å². The van der Waals surface area contributed by atoms with Gasteiger partial charge in [0.05, 0.1) is 25.5 Å². The minimum absolute atomic E-state index is 0.119. The molecule has 0 aliphatic heterocycles. The molecule has 166 valence electrons. The van der Waals surface area contributed by atoms with Crippen LogP contribution in [0, 0.1) is 5.82 Å². The summed E-state index contributed by atoms with van der Waals surface area (Å²) in [5, 5.41) is 11.6. The average Bonchev–Trinajstić information content (AvgIpc) is 3.43. The van der Waals surface area contributed by atoms with E-state index in [9.17, 15) is 4.39 Å². The van der Waals surface area contributed by atoms with E-state index < -0.39 is 0 Å². The number of nitrogens with zero attached hydrogens (tertiary/aromatic N) is 4. The minimum Gasteiger partial charge on any atom is -0.497 e. The van der Waals surface area contributed by atoms with Crippen LogP contribution in [0.5, 0.6) is 17.2 Å². The van der Waals surface area contributed by atoms with E-state index in [1.807, 2.05) is 23.6 Å². The zero-order chi connectivity index (χ0) is 22.5. The summed E-state index contributed by atoms with van der Waals surface area (Å²) in [6.45, 7) is 0.119. The van der Waals surface area contributed by atoms with Crippen LogP contribution < -0.4 is 20.1 Å². The number of methoxy groups -OCH3 is 2. The first-order chi connectivity index (χ1) is 15.6. The summed E-state index contributed by atoms with van der Waals surface area (Å²) in [7, 11) is 3.23. The van der Waals surface area contributed by atoms with Crippen LogP contribution in [0.1, 0.15) is 11.5 Å². The number of rotatable bonds is 9. The number of nitrogen functional groups attached to an aromatic ring is 1. The fourth-order valence-corrected chi connectivity index (χ4v) is 4.52. The Balaban J connectivity index is 1.39. The number of benzene rings is 2. The predicted molar refractivity (Wildman–Crippen MR) is 121 cm³/mol. The predicted octanol–water partition coefficient (Wildman–Crippen LogP) is 4.14. The smallest absolute Gasteiger partial charge is 0.210 e. The number of thiazole rings is 1. The molecule has 32 heavy (non-hydrogen) atoms. The third kappa shape index (κ3) is 4.94. The molecule has 0 radical (unpaired) electrons. The maximum absolute atomic E-state index is 13.0. The lowest BCUT2D eigenvalue weighted by atomic mass is 10.2. The van der Waals surface area contributed by atoms with Crippen molar-refractivity contribution in [3.8, 4) is 27.8 Å². The molecule has 2 N–H and O–H groups in total. The summed E-state index contributed by atoms with van der Waals surface area (Å²) >= 11 is 2.95. The molecule has 2 aromatic carbocycles. The van der Waals surface area contributed by atoms with Gasteiger partial charge in [-0.3, -0.25) is 0 Å². The molecule has 0 saturated carbocycles. The highest BCUT2D eigenvalue weighted by atomic mass is 32.2. The monoisotopic (exact) mass is 473 g/mol. The van der Waals surface area contributed by atoms with Crippen LogP contribution in [0.3, 0.4) is 0 Å². The second kappa shape index (κ2) is 9.88. The summed E-state index contributed by atoms with van der Waals surface area (Å²) in [5.41, 5.74) is 1.79. The normalized spacial score (nSPS) is 10.8. The maximum Gasteiger partial charge on any atom is 0.210 e. The first kappa shape index (κ1) is 21.9. The van der Waals surface area contributed by atoms with Crippen LogP contribution in [0.4, 0.5) is 4.39 Å². The van der Waals surface area contributed by atoms with E-state index in [1.54, 1.807) is 26.4 Å². The van der Waals surface area contributed by atoms with E-state index >= 15 is 0 Å². The van der Waals surface area contributed by atoms with Crippen LogP contribution in [-0.4, -0.2) is 34.1 Å². The summed E-state index contributed by atoms with van der Waals surface area (Å²) in [6, 6.07) is 11.4. The molecule has 2 heterocycles. The Bertz CT molecular complexity index is 1200. The van der Waals surface area contributed by atoms with Gasteiger partial charge in [0, 0.05) is 17.2 Å². The number of halogens is 1. The number of aromatic nitrogens is 4. The maximum atomic E-state index is 13.0. The molecule has 0 fully saturated rings. The fraction of sp³-hybridized carbons (Fsp3) is 0.190. The van der Waals surface area contributed by atoms with Gasteiger partial charge in [0.25, 0.3) is 0 Å². The van der Waals surface area contributed by atoms with Crippen molar-refractivity contribution in [2.45, 2.75) is 17.5 Å². The molecule has 8 nitrogen and oxygen atoms in total. The van der Waals surface area contributed by atoms with Gasteiger partial charge in [-0.25, -0.2) is 14.1 Å². The van der Waals surface area contributed by atoms with Crippen molar-refractivity contribution in [1.29, 1.82) is 0 Å². The van der Waals surface area contributed by atoms with Crippen LogP contribution >= 0.6 is 23.1 Å². The summed E-state index contributed by atoms with van der Waals surface area (Å²) in [6.07, 6.45) is 0. The van der Waals surface area contributed by atoms with Gasteiger partial charge in [0.2, 0.25) is 5.16 Å². The largest absolute Gasteiger partial charge is 0.497 e. The van der Waals surface area contributed by atoms with Crippen molar-refractivity contribution in [2.24, 2.45) is 0 Å². The summed E-state index contributed by atoms with van der Waals surface area (Å²) in [5.74, 6) is 8.75. The van der Waals surface area contributed by atoms with Gasteiger partial charge in [-0.15, -0.1) is 21.5 Å². The molecular formula is C21H20FN5O3S2. The van der Waals surface area contributed by atoms with Crippen molar-refractivity contribution in [3.63, 3.8) is 0 Å². The zero-order valence-corrected chi connectivity index (χ0v) is 19.0. The third-order valence-electron chi connectivity index (χ3n) is 4.46. The van der Waals surface area contributed by atoms with Gasteiger partial charge in [0.15, 0.2) is 5.82 Å². The lowest BCUT2D eigenvalue weighted by molar-refractivity contribution is 0.291. The highest BCUT2D eigenvalue weighted by Crippen LogP contribution is 2.35. The number of thioether (sulfide) groups is 1. The first-order valence-electron chi connectivity index (χ1n) is 9.44. The Hall–Kier alpha value is -3.31. The lowest BCUT2D eigenvalue weighted by Crippen LogP contribution is -2.15. The second-order valence-electron chi connectivity index (χ2n) is 6.51. The molecule has 0 spiro atoms. The van der Waals surface area contributed by atoms with E-state index in [1.165, 1.54) is 39.9 Å². The quantitative estimate of drug-likeness (QED) is 0.286. The van der Waals surface area contributed by atoms with Crippen LogP contribution in [-0.2, 0) is 12.4 Å². The highest BCUT2D eigenvalue weighted by Gasteiger charge is 2.14. The molecule has 4 rings (SSSR count). The standard InChI is InChI=1S/C21H20FN5O3S2/c1-28-16-7-8-17(18(9-16)29-2)20-24-14(11-31-20)12-32-21-26-25-19(27(21)23)10-30-15-5-3-13(22)4-6-15/h3-9,11H,10,12,23H2,1-2H3. The molecule has 0 bridgehead atoms. The van der Waals surface area contributed by atoms with E-state index in [0.29, 0.717) is 28.2 Å². The Kier molecular flexibility index (Phi) is 6.76. The molecule has 0 atom stereocenters. The molecule has 11 heteroatoms. The molecule has 0 unspecified atom stereocenters. The molecule has 2 aromatic heterocycles. The lowest BCUT2D eigenvalue weighted by Gasteiger charge is -2.08. The SMILES string of the molecule is COc1ccc(-c2nc(CSc3nnc(COc4ccc(F)cc4)n3N)cs2)c(OC)c1.